The standard InChI is InChI=1S/C19H17BrN2O4/c1-21-19(23)11-6-12(24-2)8-13(7-11)26-17-4-5-22-16-10-18(25-3)15(20)9-14(16)17/h4-10H,1-3H3,(H,21,23). The molecule has 0 aliphatic rings. The van der Waals surface area contributed by atoms with E-state index in [2.05, 4.69) is 26.2 Å². The van der Waals surface area contributed by atoms with Gasteiger partial charge in [-0.2, -0.15) is 0 Å². The van der Waals surface area contributed by atoms with Crippen LogP contribution in [0.2, 0.25) is 0 Å². The fraction of sp³-hybridized carbons (Fsp3) is 0.158. The maximum absolute atomic E-state index is 12.0. The molecule has 0 aliphatic carbocycles. The number of amides is 1. The number of ether oxygens (including phenoxy) is 3. The summed E-state index contributed by atoms with van der Waals surface area (Å²) in [5, 5.41) is 3.40. The number of aromatic nitrogens is 1. The van der Waals surface area contributed by atoms with Crippen LogP contribution in [0, 0.1) is 0 Å². The number of hydrogen-bond acceptors (Lipinski definition) is 5. The van der Waals surface area contributed by atoms with Gasteiger partial charge in [-0.05, 0) is 40.2 Å². The molecule has 134 valence electrons. The van der Waals surface area contributed by atoms with Crippen LogP contribution in [0.25, 0.3) is 10.9 Å². The fourth-order valence-electron chi connectivity index (χ4n) is 2.52. The molecule has 0 saturated heterocycles. The number of rotatable bonds is 5. The van der Waals surface area contributed by atoms with Crippen molar-refractivity contribution >= 4 is 32.7 Å². The Kier molecular flexibility index (Phi) is 5.27. The maximum Gasteiger partial charge on any atom is 0.251 e. The van der Waals surface area contributed by atoms with Gasteiger partial charge in [-0.15, -0.1) is 0 Å². The minimum absolute atomic E-state index is 0.221. The van der Waals surface area contributed by atoms with Gasteiger partial charge in [0.2, 0.25) is 0 Å². The average Bonchev–Trinajstić information content (AvgIpc) is 2.67. The molecule has 7 heteroatoms. The monoisotopic (exact) mass is 416 g/mol. The lowest BCUT2D eigenvalue weighted by molar-refractivity contribution is 0.0962. The molecular formula is C19H17BrN2O4. The van der Waals surface area contributed by atoms with Crippen LogP contribution in [0.3, 0.4) is 0 Å². The summed E-state index contributed by atoms with van der Waals surface area (Å²) in [4.78, 5) is 16.3. The predicted octanol–water partition coefficient (Wildman–Crippen LogP) is 4.17. The SMILES string of the molecule is CNC(=O)c1cc(OC)cc(Oc2ccnc3cc(OC)c(Br)cc23)c1. The highest BCUT2D eigenvalue weighted by Gasteiger charge is 2.12. The van der Waals surface area contributed by atoms with Crippen LogP contribution >= 0.6 is 15.9 Å². The number of pyridine rings is 1. The van der Waals surface area contributed by atoms with Crippen molar-refractivity contribution in [1.82, 2.24) is 10.3 Å². The summed E-state index contributed by atoms with van der Waals surface area (Å²) >= 11 is 3.48. The molecule has 6 nitrogen and oxygen atoms in total. The lowest BCUT2D eigenvalue weighted by Gasteiger charge is -2.12. The molecule has 0 unspecified atom stereocenters. The number of nitrogens with zero attached hydrogens (tertiary/aromatic N) is 1. The molecule has 3 rings (SSSR count). The molecule has 0 aliphatic heterocycles. The summed E-state index contributed by atoms with van der Waals surface area (Å²) in [5.74, 6) is 2.09. The second-order valence-corrected chi connectivity index (χ2v) is 6.25. The fourth-order valence-corrected chi connectivity index (χ4v) is 3.02. The Morgan fingerprint density at radius 2 is 1.81 bits per heavy atom. The molecule has 0 spiro atoms. The highest BCUT2D eigenvalue weighted by atomic mass is 79.9. The number of fused-ring (bicyclic) bond motifs is 1. The minimum Gasteiger partial charge on any atom is -0.497 e. The Morgan fingerprint density at radius 3 is 2.50 bits per heavy atom. The molecule has 1 amide bonds. The van der Waals surface area contributed by atoms with Crippen LogP contribution in [0.15, 0.2) is 47.1 Å². The van der Waals surface area contributed by atoms with Gasteiger partial charge in [-0.25, -0.2) is 0 Å². The molecule has 1 aromatic heterocycles. The topological polar surface area (TPSA) is 69.7 Å². The van der Waals surface area contributed by atoms with Crippen LogP contribution in [0.4, 0.5) is 0 Å². The number of carbonyl (C=O) groups excluding carboxylic acids is 1. The summed E-state index contributed by atoms with van der Waals surface area (Å²) in [7, 11) is 4.71. The zero-order valence-corrected chi connectivity index (χ0v) is 16.1. The number of hydrogen-bond donors (Lipinski definition) is 1. The van der Waals surface area contributed by atoms with Gasteiger partial charge in [0.05, 0.1) is 24.2 Å². The first kappa shape index (κ1) is 18.0. The van der Waals surface area contributed by atoms with Gasteiger partial charge in [0.15, 0.2) is 0 Å². The normalized spacial score (nSPS) is 10.5. The third-order valence-corrected chi connectivity index (χ3v) is 4.43. The van der Waals surface area contributed by atoms with Crippen LogP contribution in [-0.2, 0) is 0 Å². The van der Waals surface area contributed by atoms with E-state index < -0.39 is 0 Å². The van der Waals surface area contributed by atoms with Crippen LogP contribution in [0.1, 0.15) is 10.4 Å². The second kappa shape index (κ2) is 7.61. The van der Waals surface area contributed by atoms with Gasteiger partial charge < -0.3 is 19.5 Å². The zero-order valence-electron chi connectivity index (χ0n) is 14.5. The van der Waals surface area contributed by atoms with E-state index in [1.165, 1.54) is 7.11 Å². The Balaban J connectivity index is 2.06. The first-order valence-electron chi connectivity index (χ1n) is 7.77. The first-order chi connectivity index (χ1) is 12.5. The Bertz CT molecular complexity index is 975. The van der Waals surface area contributed by atoms with Crippen molar-refractivity contribution < 1.29 is 19.0 Å². The van der Waals surface area contributed by atoms with Crippen LogP contribution in [0.5, 0.6) is 23.0 Å². The summed E-state index contributed by atoms with van der Waals surface area (Å²) in [5.41, 5.74) is 1.18. The quantitative estimate of drug-likeness (QED) is 0.675. The minimum atomic E-state index is -0.221. The third-order valence-electron chi connectivity index (χ3n) is 3.81. The van der Waals surface area contributed by atoms with E-state index in [4.69, 9.17) is 14.2 Å². The molecule has 26 heavy (non-hydrogen) atoms. The van der Waals surface area contributed by atoms with E-state index in [0.717, 1.165) is 15.4 Å². The lowest BCUT2D eigenvalue weighted by atomic mass is 10.1. The van der Waals surface area contributed by atoms with Crippen LogP contribution in [-0.4, -0.2) is 32.2 Å². The molecule has 0 atom stereocenters. The predicted molar refractivity (Wildman–Crippen MR) is 102 cm³/mol. The molecule has 2 aromatic carbocycles. The average molecular weight is 417 g/mol. The number of benzene rings is 2. The summed E-state index contributed by atoms with van der Waals surface area (Å²) in [6.45, 7) is 0. The van der Waals surface area contributed by atoms with Crippen molar-refractivity contribution in [2.45, 2.75) is 0 Å². The van der Waals surface area contributed by atoms with Gasteiger partial charge in [0.1, 0.15) is 23.0 Å². The van der Waals surface area contributed by atoms with Crippen molar-refractivity contribution in [3.05, 3.63) is 52.6 Å². The van der Waals surface area contributed by atoms with Crippen molar-refractivity contribution in [1.29, 1.82) is 0 Å². The first-order valence-corrected chi connectivity index (χ1v) is 8.56. The van der Waals surface area contributed by atoms with Crippen molar-refractivity contribution in [2.75, 3.05) is 21.3 Å². The van der Waals surface area contributed by atoms with E-state index in [1.54, 1.807) is 44.6 Å². The largest absolute Gasteiger partial charge is 0.497 e. The smallest absolute Gasteiger partial charge is 0.251 e. The van der Waals surface area contributed by atoms with Gasteiger partial charge in [-0.1, -0.05) is 0 Å². The molecule has 0 radical (unpaired) electrons. The Labute approximate surface area is 159 Å². The molecule has 0 saturated carbocycles. The van der Waals surface area contributed by atoms with E-state index in [-0.39, 0.29) is 5.91 Å². The van der Waals surface area contributed by atoms with Gasteiger partial charge in [0.25, 0.3) is 5.91 Å². The molecule has 0 fully saturated rings. The number of nitrogens with one attached hydrogen (secondary N) is 1. The van der Waals surface area contributed by atoms with E-state index in [9.17, 15) is 4.79 Å². The number of carbonyl (C=O) groups is 1. The maximum atomic E-state index is 12.0. The zero-order chi connectivity index (χ0) is 18.7. The molecule has 1 N–H and O–H groups in total. The lowest BCUT2D eigenvalue weighted by Crippen LogP contribution is -2.17. The van der Waals surface area contributed by atoms with Gasteiger partial charge in [0, 0.05) is 36.3 Å². The van der Waals surface area contributed by atoms with E-state index >= 15 is 0 Å². The van der Waals surface area contributed by atoms with Crippen molar-refractivity contribution in [3.63, 3.8) is 0 Å². The second-order valence-electron chi connectivity index (χ2n) is 5.39. The number of methoxy groups -OCH3 is 2. The molecular weight excluding hydrogens is 400 g/mol. The van der Waals surface area contributed by atoms with Crippen molar-refractivity contribution in [3.8, 4) is 23.0 Å². The highest BCUT2D eigenvalue weighted by molar-refractivity contribution is 9.10. The van der Waals surface area contributed by atoms with E-state index in [1.807, 2.05) is 12.1 Å². The highest BCUT2D eigenvalue weighted by Crippen LogP contribution is 2.36. The molecule has 3 aromatic rings. The third kappa shape index (κ3) is 3.57. The van der Waals surface area contributed by atoms with Crippen LogP contribution < -0.4 is 19.5 Å². The molecule has 1 heterocycles. The number of halogens is 1. The van der Waals surface area contributed by atoms with Crippen molar-refractivity contribution in [2.24, 2.45) is 0 Å². The van der Waals surface area contributed by atoms with Gasteiger partial charge >= 0.3 is 0 Å². The van der Waals surface area contributed by atoms with E-state index in [0.29, 0.717) is 28.6 Å². The summed E-state index contributed by atoms with van der Waals surface area (Å²) in [6, 6.07) is 10.5. The summed E-state index contributed by atoms with van der Waals surface area (Å²) in [6.07, 6.45) is 1.66. The molecule has 0 bridgehead atoms. The van der Waals surface area contributed by atoms with Gasteiger partial charge in [-0.3, -0.25) is 9.78 Å². The Hall–Kier alpha value is -2.80. The Morgan fingerprint density at radius 1 is 1.04 bits per heavy atom. The summed E-state index contributed by atoms with van der Waals surface area (Å²) < 4.78 is 17.4.